The largest absolute Gasteiger partial charge is 0.466 e. The average Bonchev–Trinajstić information content (AvgIpc) is 3.13. The van der Waals surface area contributed by atoms with Crippen LogP contribution in [0.1, 0.15) is 19.8 Å². The molecule has 10 nitrogen and oxygen atoms in total. The molecule has 0 saturated carbocycles. The van der Waals surface area contributed by atoms with Crippen molar-refractivity contribution in [1.29, 1.82) is 0 Å². The number of methoxy groups -OCH3 is 1. The first-order chi connectivity index (χ1) is 14.9. The fourth-order valence-corrected chi connectivity index (χ4v) is 3.35. The van der Waals surface area contributed by atoms with Crippen LogP contribution in [0.25, 0.3) is 0 Å². The molecule has 1 atom stereocenters. The first-order valence-electron chi connectivity index (χ1n) is 9.89. The summed E-state index contributed by atoms with van der Waals surface area (Å²) in [7, 11) is 1.27. The van der Waals surface area contributed by atoms with Crippen molar-refractivity contribution in [1.82, 2.24) is 5.32 Å². The van der Waals surface area contributed by atoms with Gasteiger partial charge in [0.25, 0.3) is 0 Å². The number of rotatable bonds is 7. The van der Waals surface area contributed by atoms with Crippen molar-refractivity contribution in [2.45, 2.75) is 25.9 Å². The van der Waals surface area contributed by atoms with Crippen molar-refractivity contribution in [3.8, 4) is 0 Å². The van der Waals surface area contributed by atoms with Gasteiger partial charge in [0.15, 0.2) is 0 Å². The third-order valence-corrected chi connectivity index (χ3v) is 4.98. The summed E-state index contributed by atoms with van der Waals surface area (Å²) in [5.41, 5.74) is 1.62. The van der Waals surface area contributed by atoms with Crippen LogP contribution in [0.5, 0.6) is 0 Å². The number of piperidine rings is 1. The Hall–Kier alpha value is -3.37. The maximum Gasteiger partial charge on any atom is 0.414 e. The van der Waals surface area contributed by atoms with Crippen molar-refractivity contribution in [3.63, 3.8) is 0 Å². The van der Waals surface area contributed by atoms with Crippen LogP contribution in [0.2, 0.25) is 0 Å². The predicted molar refractivity (Wildman–Crippen MR) is 110 cm³/mol. The molecule has 0 aromatic heterocycles. The normalized spacial score (nSPS) is 18.5. The Balaban J connectivity index is 1.57. The number of esters is 1. The highest BCUT2D eigenvalue weighted by molar-refractivity contribution is 5.90. The van der Waals surface area contributed by atoms with Gasteiger partial charge in [-0.05, 0) is 18.2 Å². The van der Waals surface area contributed by atoms with Gasteiger partial charge in [0.2, 0.25) is 12.5 Å². The Morgan fingerprint density at radius 1 is 1.32 bits per heavy atom. The summed E-state index contributed by atoms with van der Waals surface area (Å²) in [6, 6.07) is 4.61. The molecule has 2 aliphatic rings. The summed E-state index contributed by atoms with van der Waals surface area (Å²) in [5.74, 6) is -1.17. The molecule has 1 aromatic carbocycles. The SMILES string of the molecule is COC(=O)CON=C1CCN(c2ccc(N3C[C@H](CNC(C)=O)OC3=O)cc2F)CC1. The zero-order chi connectivity index (χ0) is 22.4. The Labute approximate surface area is 178 Å². The zero-order valence-corrected chi connectivity index (χ0v) is 17.4. The van der Waals surface area contributed by atoms with E-state index in [2.05, 4.69) is 15.2 Å². The Morgan fingerprint density at radius 3 is 2.71 bits per heavy atom. The minimum absolute atomic E-state index is 0.207. The molecule has 1 N–H and O–H groups in total. The van der Waals surface area contributed by atoms with Gasteiger partial charge < -0.3 is 24.5 Å². The molecule has 2 amide bonds. The standard InChI is InChI=1S/C20H25FN4O6/c1-13(26)22-10-16-11-25(20(28)31-16)15-3-4-18(17(21)9-15)24-7-5-14(6-8-24)23-30-12-19(27)29-2/h3-4,9,16H,5-8,10-12H2,1-2H3,(H,22,26)/t16-/m0/s1. The number of benzene rings is 1. The van der Waals surface area contributed by atoms with E-state index in [1.165, 1.54) is 25.0 Å². The molecular formula is C20H25FN4O6. The van der Waals surface area contributed by atoms with Crippen molar-refractivity contribution in [3.05, 3.63) is 24.0 Å². The van der Waals surface area contributed by atoms with E-state index >= 15 is 0 Å². The van der Waals surface area contributed by atoms with Crippen LogP contribution in [0.4, 0.5) is 20.6 Å². The number of nitrogens with zero attached hydrogens (tertiary/aromatic N) is 3. The Bertz CT molecular complexity index is 867. The summed E-state index contributed by atoms with van der Waals surface area (Å²) >= 11 is 0. The number of carbonyl (C=O) groups is 3. The monoisotopic (exact) mass is 436 g/mol. The molecular weight excluding hydrogens is 411 g/mol. The van der Waals surface area contributed by atoms with E-state index in [9.17, 15) is 18.8 Å². The number of nitrogens with one attached hydrogen (secondary N) is 1. The lowest BCUT2D eigenvalue weighted by Gasteiger charge is -2.30. The van der Waals surface area contributed by atoms with E-state index in [-0.39, 0.29) is 25.6 Å². The first kappa shape index (κ1) is 22.3. The van der Waals surface area contributed by atoms with E-state index in [0.29, 0.717) is 37.3 Å². The lowest BCUT2D eigenvalue weighted by atomic mass is 10.1. The van der Waals surface area contributed by atoms with Gasteiger partial charge >= 0.3 is 12.1 Å². The summed E-state index contributed by atoms with van der Waals surface area (Å²) in [5, 5.41) is 6.54. The lowest BCUT2D eigenvalue weighted by Crippen LogP contribution is -2.35. The highest BCUT2D eigenvalue weighted by atomic mass is 19.1. The second-order valence-corrected chi connectivity index (χ2v) is 7.18. The van der Waals surface area contributed by atoms with Crippen LogP contribution in [0, 0.1) is 5.82 Å². The summed E-state index contributed by atoms with van der Waals surface area (Å²) in [4.78, 5) is 42.4. The van der Waals surface area contributed by atoms with Gasteiger partial charge in [-0.2, -0.15) is 0 Å². The molecule has 3 rings (SSSR count). The second-order valence-electron chi connectivity index (χ2n) is 7.18. The number of anilines is 2. The van der Waals surface area contributed by atoms with E-state index in [4.69, 9.17) is 9.57 Å². The summed E-state index contributed by atoms with van der Waals surface area (Å²) in [6.07, 6.45) is 0.0886. The number of hydrogen-bond donors (Lipinski definition) is 1. The third kappa shape index (κ3) is 5.83. The minimum atomic E-state index is -0.576. The summed E-state index contributed by atoms with van der Waals surface area (Å²) < 4.78 is 24.5. The first-order valence-corrected chi connectivity index (χ1v) is 9.89. The number of amides is 2. The molecule has 2 fully saturated rings. The number of ether oxygens (including phenoxy) is 2. The van der Waals surface area contributed by atoms with Crippen molar-refractivity contribution in [2.24, 2.45) is 5.16 Å². The molecule has 2 saturated heterocycles. The van der Waals surface area contributed by atoms with Gasteiger partial charge in [0.05, 0.1) is 37.3 Å². The Kier molecular flexibility index (Phi) is 7.27. The molecule has 1 aromatic rings. The number of carbonyl (C=O) groups excluding carboxylic acids is 3. The molecule has 0 aliphatic carbocycles. The number of oxime groups is 1. The number of hydrogen-bond acceptors (Lipinski definition) is 8. The quantitative estimate of drug-likeness (QED) is 0.509. The maximum atomic E-state index is 14.8. The number of halogens is 1. The average molecular weight is 436 g/mol. The van der Waals surface area contributed by atoms with E-state index < -0.39 is 24.0 Å². The van der Waals surface area contributed by atoms with Crippen LogP contribution < -0.4 is 15.1 Å². The lowest BCUT2D eigenvalue weighted by molar-refractivity contribution is -0.145. The van der Waals surface area contributed by atoms with Gasteiger partial charge in [-0.15, -0.1) is 0 Å². The highest BCUT2D eigenvalue weighted by Gasteiger charge is 2.33. The van der Waals surface area contributed by atoms with Crippen molar-refractivity contribution < 1.29 is 33.1 Å². The molecule has 11 heteroatoms. The van der Waals surface area contributed by atoms with E-state index in [1.807, 2.05) is 4.90 Å². The van der Waals surface area contributed by atoms with Gasteiger partial charge in [0, 0.05) is 32.9 Å². The second kappa shape index (κ2) is 10.1. The van der Waals surface area contributed by atoms with E-state index in [0.717, 1.165) is 5.71 Å². The van der Waals surface area contributed by atoms with Gasteiger partial charge in [-0.1, -0.05) is 5.16 Å². The van der Waals surface area contributed by atoms with Crippen LogP contribution in [0.15, 0.2) is 23.4 Å². The van der Waals surface area contributed by atoms with E-state index in [1.54, 1.807) is 12.1 Å². The molecule has 168 valence electrons. The van der Waals surface area contributed by atoms with Crippen LogP contribution >= 0.6 is 0 Å². The van der Waals surface area contributed by atoms with Crippen LogP contribution in [0.3, 0.4) is 0 Å². The maximum absolute atomic E-state index is 14.8. The predicted octanol–water partition coefficient (Wildman–Crippen LogP) is 1.43. The fourth-order valence-electron chi connectivity index (χ4n) is 3.35. The van der Waals surface area contributed by atoms with Crippen LogP contribution in [-0.2, 0) is 23.9 Å². The number of cyclic esters (lactones) is 1. The molecule has 2 aliphatic heterocycles. The molecule has 0 bridgehead atoms. The smallest absolute Gasteiger partial charge is 0.414 e. The van der Waals surface area contributed by atoms with Gasteiger partial charge in [0.1, 0.15) is 11.9 Å². The minimum Gasteiger partial charge on any atom is -0.466 e. The molecule has 0 radical (unpaired) electrons. The third-order valence-electron chi connectivity index (χ3n) is 4.98. The Morgan fingerprint density at radius 2 is 2.06 bits per heavy atom. The van der Waals surface area contributed by atoms with Gasteiger partial charge in [-0.3, -0.25) is 9.69 Å². The molecule has 31 heavy (non-hydrogen) atoms. The topological polar surface area (TPSA) is 110 Å². The molecule has 0 spiro atoms. The van der Waals surface area contributed by atoms with Crippen molar-refractivity contribution in [2.75, 3.05) is 49.7 Å². The van der Waals surface area contributed by atoms with Gasteiger partial charge in [-0.25, -0.2) is 14.0 Å². The molecule has 0 unspecified atom stereocenters. The summed E-state index contributed by atoms with van der Waals surface area (Å²) in [6.45, 7) is 2.66. The van der Waals surface area contributed by atoms with Crippen molar-refractivity contribution >= 4 is 35.1 Å². The van der Waals surface area contributed by atoms with Crippen LogP contribution in [-0.4, -0.2) is 69.7 Å². The zero-order valence-electron chi connectivity index (χ0n) is 17.4. The fraction of sp³-hybridized carbons (Fsp3) is 0.500. The molecule has 2 heterocycles. The highest BCUT2D eigenvalue weighted by Crippen LogP contribution is 2.29.